The molecule has 1 aliphatic rings. The molecule has 0 aliphatic carbocycles. The third-order valence-corrected chi connectivity index (χ3v) is 3.95. The van der Waals surface area contributed by atoms with Crippen LogP contribution in [-0.2, 0) is 7.05 Å². The number of hydrogen-bond donors (Lipinski definition) is 2. The minimum atomic E-state index is -0.145. The molecule has 5 nitrogen and oxygen atoms in total. The first-order valence-electron chi connectivity index (χ1n) is 6.73. The van der Waals surface area contributed by atoms with Crippen LogP contribution in [-0.4, -0.2) is 40.3 Å². The predicted molar refractivity (Wildman–Crippen MR) is 78.7 cm³/mol. The number of para-hydroxylation sites is 1. The van der Waals surface area contributed by atoms with E-state index in [9.17, 15) is 9.90 Å². The Bertz CT molecular complexity index is 656. The van der Waals surface area contributed by atoms with Gasteiger partial charge < -0.3 is 19.9 Å². The first-order valence-corrected chi connectivity index (χ1v) is 6.73. The van der Waals surface area contributed by atoms with Crippen LogP contribution in [0.5, 0.6) is 0 Å². The zero-order chi connectivity index (χ0) is 14.3. The lowest BCUT2D eigenvalue weighted by atomic mass is 9.83. The van der Waals surface area contributed by atoms with E-state index < -0.39 is 0 Å². The number of aromatic nitrogens is 1. The van der Waals surface area contributed by atoms with E-state index >= 15 is 0 Å². The molecule has 5 heteroatoms. The van der Waals surface area contributed by atoms with Gasteiger partial charge in [-0.05, 0) is 12.1 Å². The van der Waals surface area contributed by atoms with Crippen LogP contribution in [0, 0.1) is 5.41 Å². The van der Waals surface area contributed by atoms with Crippen molar-refractivity contribution in [3.63, 3.8) is 0 Å². The molecular weight excluding hydrogens is 254 g/mol. The Morgan fingerprint density at radius 2 is 2.15 bits per heavy atom. The Morgan fingerprint density at radius 1 is 1.40 bits per heavy atom. The molecule has 1 aliphatic heterocycles. The van der Waals surface area contributed by atoms with Crippen LogP contribution in [0.4, 0.5) is 10.5 Å². The summed E-state index contributed by atoms with van der Waals surface area (Å²) in [6.45, 7) is 3.29. The maximum absolute atomic E-state index is 12.2. The van der Waals surface area contributed by atoms with E-state index in [1.54, 1.807) is 4.90 Å². The van der Waals surface area contributed by atoms with Crippen LogP contribution in [0.2, 0.25) is 0 Å². The van der Waals surface area contributed by atoms with Crippen LogP contribution in [0.1, 0.15) is 6.92 Å². The number of aliphatic hydroxyl groups is 1. The lowest BCUT2D eigenvalue weighted by Crippen LogP contribution is -2.59. The number of carbonyl (C=O) groups excluding carboxylic acids is 1. The summed E-state index contributed by atoms with van der Waals surface area (Å²) in [5.74, 6) is 0. The molecular formula is C15H19N3O2. The number of fused-ring (bicyclic) bond motifs is 1. The first-order chi connectivity index (χ1) is 9.52. The molecule has 20 heavy (non-hydrogen) atoms. The van der Waals surface area contributed by atoms with Crippen molar-refractivity contribution in [2.24, 2.45) is 12.5 Å². The van der Waals surface area contributed by atoms with Gasteiger partial charge in [0.05, 0.1) is 17.8 Å². The molecule has 1 saturated heterocycles. The summed E-state index contributed by atoms with van der Waals surface area (Å²) in [5, 5.41) is 13.3. The highest BCUT2D eigenvalue weighted by Crippen LogP contribution is 2.30. The van der Waals surface area contributed by atoms with Crippen LogP contribution in [0.25, 0.3) is 10.9 Å². The van der Waals surface area contributed by atoms with Crippen LogP contribution < -0.4 is 5.32 Å². The largest absolute Gasteiger partial charge is 0.396 e. The van der Waals surface area contributed by atoms with Crippen molar-refractivity contribution in [2.45, 2.75) is 6.92 Å². The molecule has 0 bridgehead atoms. The zero-order valence-corrected chi connectivity index (χ0v) is 11.8. The van der Waals surface area contributed by atoms with Crippen LogP contribution in [0.3, 0.4) is 0 Å². The number of anilines is 1. The summed E-state index contributed by atoms with van der Waals surface area (Å²) in [4.78, 5) is 13.9. The summed E-state index contributed by atoms with van der Waals surface area (Å²) in [6, 6.07) is 7.79. The van der Waals surface area contributed by atoms with E-state index in [-0.39, 0.29) is 18.1 Å². The van der Waals surface area contributed by atoms with Gasteiger partial charge in [-0.25, -0.2) is 4.79 Å². The van der Waals surface area contributed by atoms with Crippen molar-refractivity contribution >= 4 is 22.6 Å². The highest BCUT2D eigenvalue weighted by molar-refractivity contribution is 6.00. The number of benzene rings is 1. The van der Waals surface area contributed by atoms with Gasteiger partial charge in [0, 0.05) is 37.1 Å². The normalized spacial score (nSPS) is 17.1. The molecule has 0 saturated carbocycles. The van der Waals surface area contributed by atoms with Gasteiger partial charge in [-0.2, -0.15) is 0 Å². The molecule has 2 heterocycles. The van der Waals surface area contributed by atoms with Crippen LogP contribution >= 0.6 is 0 Å². The number of aliphatic hydroxyl groups excluding tert-OH is 1. The lowest BCUT2D eigenvalue weighted by Gasteiger charge is -2.46. The standard InChI is InChI=1S/C15H19N3O2/c1-15(10-19)8-18(9-15)14(20)16-12-5-3-4-11-6-7-17(2)13(11)12/h3-7,19H,8-10H2,1-2H3,(H,16,20). The fourth-order valence-corrected chi connectivity index (χ4v) is 2.77. The first kappa shape index (κ1) is 13.0. The molecule has 3 rings (SSSR count). The number of nitrogens with zero attached hydrogens (tertiary/aromatic N) is 2. The number of hydrogen-bond acceptors (Lipinski definition) is 2. The second-order valence-electron chi connectivity index (χ2n) is 5.93. The van der Waals surface area contributed by atoms with Crippen molar-refractivity contribution in [3.8, 4) is 0 Å². The topological polar surface area (TPSA) is 57.5 Å². The Morgan fingerprint density at radius 3 is 2.85 bits per heavy atom. The molecule has 0 unspecified atom stereocenters. The van der Waals surface area contributed by atoms with Crippen molar-refractivity contribution in [1.29, 1.82) is 0 Å². The van der Waals surface area contributed by atoms with Gasteiger partial charge in [0.15, 0.2) is 0 Å². The molecule has 0 spiro atoms. The number of rotatable bonds is 2. The zero-order valence-electron chi connectivity index (χ0n) is 11.8. The minimum absolute atomic E-state index is 0.107. The van der Waals surface area contributed by atoms with Gasteiger partial charge in [0.25, 0.3) is 0 Å². The Balaban J connectivity index is 1.77. The number of carbonyl (C=O) groups is 1. The quantitative estimate of drug-likeness (QED) is 0.879. The summed E-state index contributed by atoms with van der Waals surface area (Å²) >= 11 is 0. The van der Waals surface area contributed by atoms with Gasteiger partial charge in [-0.15, -0.1) is 0 Å². The van der Waals surface area contributed by atoms with E-state index in [1.165, 1.54) is 0 Å². The fourth-order valence-electron chi connectivity index (χ4n) is 2.77. The summed E-state index contributed by atoms with van der Waals surface area (Å²) in [5.41, 5.74) is 1.69. The van der Waals surface area contributed by atoms with Gasteiger partial charge in [-0.3, -0.25) is 0 Å². The molecule has 0 atom stereocenters. The highest BCUT2D eigenvalue weighted by atomic mass is 16.3. The smallest absolute Gasteiger partial charge is 0.321 e. The number of nitrogens with one attached hydrogen (secondary N) is 1. The van der Waals surface area contributed by atoms with E-state index in [0.29, 0.717) is 13.1 Å². The lowest BCUT2D eigenvalue weighted by molar-refractivity contribution is 0.00338. The monoisotopic (exact) mass is 273 g/mol. The molecule has 106 valence electrons. The van der Waals surface area contributed by atoms with Gasteiger partial charge >= 0.3 is 6.03 Å². The van der Waals surface area contributed by atoms with E-state index in [0.717, 1.165) is 16.6 Å². The Hall–Kier alpha value is -2.01. The van der Waals surface area contributed by atoms with Crippen LogP contribution in [0.15, 0.2) is 30.5 Å². The predicted octanol–water partition coefficient (Wildman–Crippen LogP) is 2.02. The molecule has 2 N–H and O–H groups in total. The highest BCUT2D eigenvalue weighted by Gasteiger charge is 2.40. The summed E-state index contributed by atoms with van der Waals surface area (Å²) in [7, 11) is 1.96. The van der Waals surface area contributed by atoms with E-state index in [2.05, 4.69) is 5.32 Å². The molecule has 2 amide bonds. The second kappa shape index (κ2) is 4.52. The summed E-state index contributed by atoms with van der Waals surface area (Å²) < 4.78 is 2.00. The van der Waals surface area contributed by atoms with Crippen molar-refractivity contribution in [2.75, 3.05) is 25.0 Å². The molecule has 2 aromatic rings. The Kier molecular flexibility index (Phi) is 2.94. The summed E-state index contributed by atoms with van der Waals surface area (Å²) in [6.07, 6.45) is 1.98. The molecule has 0 radical (unpaired) electrons. The fraction of sp³-hybridized carbons (Fsp3) is 0.400. The third-order valence-electron chi connectivity index (χ3n) is 3.95. The number of likely N-dealkylation sites (tertiary alicyclic amines) is 1. The van der Waals surface area contributed by atoms with Crippen molar-refractivity contribution in [3.05, 3.63) is 30.5 Å². The van der Waals surface area contributed by atoms with Crippen molar-refractivity contribution in [1.82, 2.24) is 9.47 Å². The molecule has 1 fully saturated rings. The average molecular weight is 273 g/mol. The molecule has 1 aromatic carbocycles. The maximum atomic E-state index is 12.2. The molecule has 1 aromatic heterocycles. The van der Waals surface area contributed by atoms with Crippen molar-refractivity contribution < 1.29 is 9.90 Å². The van der Waals surface area contributed by atoms with Gasteiger partial charge in [0.2, 0.25) is 0 Å². The van der Waals surface area contributed by atoms with Gasteiger partial charge in [-0.1, -0.05) is 19.1 Å². The van der Waals surface area contributed by atoms with Gasteiger partial charge in [0.1, 0.15) is 0 Å². The van der Waals surface area contributed by atoms with E-state index in [4.69, 9.17) is 0 Å². The Labute approximate surface area is 117 Å². The average Bonchev–Trinajstić information content (AvgIpc) is 2.78. The van der Waals surface area contributed by atoms with E-state index in [1.807, 2.05) is 49.0 Å². The SMILES string of the molecule is Cn1ccc2cccc(NC(=O)N3CC(C)(CO)C3)c21. The number of urea groups is 1. The minimum Gasteiger partial charge on any atom is -0.396 e. The number of amides is 2. The maximum Gasteiger partial charge on any atom is 0.321 e. The second-order valence-corrected chi connectivity index (χ2v) is 5.93. The third kappa shape index (κ3) is 2.04. The number of aryl methyl sites for hydroxylation is 1.